The summed E-state index contributed by atoms with van der Waals surface area (Å²) in [6.45, 7) is 2.21. The van der Waals surface area contributed by atoms with Gasteiger partial charge in [0.15, 0.2) is 0 Å². The standard InChI is InChI=1S/C11H12ClF3N2O/c1-2-16-10(18)6-17-9-4-3-7(5-8(9)12)11(13,14)15/h3-5,17H,2,6H2,1H3,(H,16,18). The summed E-state index contributed by atoms with van der Waals surface area (Å²) < 4.78 is 37.1. The first-order valence-corrected chi connectivity index (χ1v) is 5.59. The van der Waals surface area contributed by atoms with Crippen molar-refractivity contribution in [3.63, 3.8) is 0 Å². The van der Waals surface area contributed by atoms with E-state index in [-0.39, 0.29) is 23.2 Å². The van der Waals surface area contributed by atoms with Crippen molar-refractivity contribution >= 4 is 23.2 Å². The Hall–Kier alpha value is -1.43. The van der Waals surface area contributed by atoms with Gasteiger partial charge in [0.1, 0.15) is 0 Å². The number of carbonyl (C=O) groups excluding carboxylic acids is 1. The zero-order valence-electron chi connectivity index (χ0n) is 9.57. The van der Waals surface area contributed by atoms with Crippen LogP contribution in [-0.4, -0.2) is 19.0 Å². The minimum absolute atomic E-state index is 0.0427. The minimum atomic E-state index is -4.43. The van der Waals surface area contributed by atoms with Crippen molar-refractivity contribution in [2.24, 2.45) is 0 Å². The highest BCUT2D eigenvalue weighted by molar-refractivity contribution is 6.33. The molecule has 0 radical (unpaired) electrons. The lowest BCUT2D eigenvalue weighted by Gasteiger charge is -2.11. The maximum Gasteiger partial charge on any atom is 0.416 e. The molecule has 0 aromatic heterocycles. The number of carbonyl (C=O) groups is 1. The summed E-state index contributed by atoms with van der Waals surface area (Å²) in [5.41, 5.74) is -0.535. The first kappa shape index (κ1) is 14.6. The number of likely N-dealkylation sites (N-methyl/N-ethyl adjacent to an activating group) is 1. The molecule has 0 aliphatic carbocycles. The summed E-state index contributed by atoms with van der Waals surface area (Å²) in [6.07, 6.45) is -4.43. The maximum absolute atomic E-state index is 12.4. The molecule has 0 aliphatic heterocycles. The quantitative estimate of drug-likeness (QED) is 0.890. The number of rotatable bonds is 4. The van der Waals surface area contributed by atoms with Gasteiger partial charge in [-0.25, -0.2) is 0 Å². The fraction of sp³-hybridized carbons (Fsp3) is 0.364. The van der Waals surface area contributed by atoms with Crippen molar-refractivity contribution in [1.29, 1.82) is 0 Å². The predicted molar refractivity (Wildman–Crippen MR) is 63.6 cm³/mol. The molecule has 1 aromatic carbocycles. The molecule has 2 N–H and O–H groups in total. The second-order valence-electron chi connectivity index (χ2n) is 3.50. The van der Waals surface area contributed by atoms with Crippen molar-refractivity contribution in [2.75, 3.05) is 18.4 Å². The van der Waals surface area contributed by atoms with Crippen LogP contribution < -0.4 is 10.6 Å². The number of halogens is 4. The number of hydrogen-bond acceptors (Lipinski definition) is 2. The van der Waals surface area contributed by atoms with E-state index in [1.807, 2.05) is 0 Å². The molecule has 0 fully saturated rings. The van der Waals surface area contributed by atoms with Crippen LogP contribution in [0.25, 0.3) is 0 Å². The van der Waals surface area contributed by atoms with Crippen LogP contribution in [-0.2, 0) is 11.0 Å². The molecule has 0 bridgehead atoms. The Bertz CT molecular complexity index is 435. The van der Waals surface area contributed by atoms with Gasteiger partial charge in [-0.2, -0.15) is 13.2 Å². The van der Waals surface area contributed by atoms with Crippen LogP contribution in [0.5, 0.6) is 0 Å². The van der Waals surface area contributed by atoms with E-state index in [9.17, 15) is 18.0 Å². The molecule has 1 rings (SSSR count). The van der Waals surface area contributed by atoms with Gasteiger partial charge in [0.05, 0.1) is 22.8 Å². The van der Waals surface area contributed by atoms with Crippen molar-refractivity contribution in [1.82, 2.24) is 5.32 Å². The Balaban J connectivity index is 2.72. The topological polar surface area (TPSA) is 41.1 Å². The van der Waals surface area contributed by atoms with Crippen molar-refractivity contribution in [3.8, 4) is 0 Å². The molecular formula is C11H12ClF3N2O. The fourth-order valence-corrected chi connectivity index (χ4v) is 1.52. The molecule has 3 nitrogen and oxygen atoms in total. The van der Waals surface area contributed by atoms with Crippen molar-refractivity contribution in [2.45, 2.75) is 13.1 Å². The number of alkyl halides is 3. The maximum atomic E-state index is 12.4. The smallest absolute Gasteiger partial charge is 0.375 e. The summed E-state index contributed by atoms with van der Waals surface area (Å²) in [5, 5.41) is 5.14. The molecule has 0 unspecified atom stereocenters. The Labute approximate surface area is 107 Å². The molecule has 7 heteroatoms. The van der Waals surface area contributed by atoms with Crippen LogP contribution in [0.4, 0.5) is 18.9 Å². The van der Waals surface area contributed by atoms with Crippen molar-refractivity contribution in [3.05, 3.63) is 28.8 Å². The van der Waals surface area contributed by atoms with E-state index in [2.05, 4.69) is 10.6 Å². The molecule has 0 atom stereocenters. The van der Waals surface area contributed by atoms with Gasteiger partial charge in [-0.1, -0.05) is 11.6 Å². The van der Waals surface area contributed by atoms with Crippen LogP contribution >= 0.6 is 11.6 Å². The summed E-state index contributed by atoms with van der Waals surface area (Å²) in [4.78, 5) is 11.2. The summed E-state index contributed by atoms with van der Waals surface area (Å²) in [6, 6.07) is 2.93. The van der Waals surface area contributed by atoms with Gasteiger partial charge in [0.2, 0.25) is 5.91 Å². The third kappa shape index (κ3) is 4.10. The zero-order valence-corrected chi connectivity index (χ0v) is 10.3. The van der Waals surface area contributed by atoms with E-state index in [0.29, 0.717) is 6.54 Å². The summed E-state index contributed by atoms with van der Waals surface area (Å²) >= 11 is 5.70. The van der Waals surface area contributed by atoms with Crippen LogP contribution in [0.2, 0.25) is 5.02 Å². The molecule has 0 saturated heterocycles. The van der Waals surface area contributed by atoms with Crippen LogP contribution in [0.3, 0.4) is 0 Å². The average Bonchev–Trinajstić information content (AvgIpc) is 2.26. The highest BCUT2D eigenvalue weighted by atomic mass is 35.5. The van der Waals surface area contributed by atoms with Gasteiger partial charge in [0, 0.05) is 6.54 Å². The second-order valence-corrected chi connectivity index (χ2v) is 3.91. The Morgan fingerprint density at radius 2 is 2.06 bits per heavy atom. The first-order valence-electron chi connectivity index (χ1n) is 5.22. The SMILES string of the molecule is CCNC(=O)CNc1ccc(C(F)(F)F)cc1Cl. The van der Waals surface area contributed by atoms with Gasteiger partial charge >= 0.3 is 6.18 Å². The van der Waals surface area contributed by atoms with E-state index in [0.717, 1.165) is 12.1 Å². The van der Waals surface area contributed by atoms with Gasteiger partial charge in [-0.3, -0.25) is 4.79 Å². The lowest BCUT2D eigenvalue weighted by atomic mass is 10.2. The molecule has 0 saturated carbocycles. The van der Waals surface area contributed by atoms with E-state index in [1.54, 1.807) is 6.92 Å². The summed E-state index contributed by atoms with van der Waals surface area (Å²) in [5.74, 6) is -0.256. The number of anilines is 1. The van der Waals surface area contributed by atoms with E-state index < -0.39 is 11.7 Å². The predicted octanol–water partition coefficient (Wildman–Crippen LogP) is 2.91. The Morgan fingerprint density at radius 3 is 2.56 bits per heavy atom. The number of benzene rings is 1. The van der Waals surface area contributed by atoms with Gasteiger partial charge in [0.25, 0.3) is 0 Å². The Kier molecular flexibility index (Phi) is 4.84. The molecule has 1 aromatic rings. The normalized spacial score (nSPS) is 11.2. The monoisotopic (exact) mass is 280 g/mol. The molecule has 0 heterocycles. The highest BCUT2D eigenvalue weighted by Gasteiger charge is 2.30. The number of hydrogen-bond donors (Lipinski definition) is 2. The molecule has 0 aliphatic rings. The third-order valence-electron chi connectivity index (χ3n) is 2.11. The second kappa shape index (κ2) is 5.95. The van der Waals surface area contributed by atoms with Crippen LogP contribution in [0.1, 0.15) is 12.5 Å². The zero-order chi connectivity index (χ0) is 13.8. The van der Waals surface area contributed by atoms with E-state index in [1.165, 1.54) is 6.07 Å². The molecule has 0 spiro atoms. The average molecular weight is 281 g/mol. The van der Waals surface area contributed by atoms with Gasteiger partial charge in [-0.15, -0.1) is 0 Å². The molecule has 1 amide bonds. The first-order chi connectivity index (χ1) is 8.34. The van der Waals surface area contributed by atoms with Crippen LogP contribution in [0, 0.1) is 0 Å². The van der Waals surface area contributed by atoms with E-state index in [4.69, 9.17) is 11.6 Å². The lowest BCUT2D eigenvalue weighted by molar-refractivity contribution is -0.137. The largest absolute Gasteiger partial charge is 0.416 e. The lowest BCUT2D eigenvalue weighted by Crippen LogP contribution is -2.29. The Morgan fingerprint density at radius 1 is 1.39 bits per heavy atom. The van der Waals surface area contributed by atoms with Gasteiger partial charge < -0.3 is 10.6 Å². The molecule has 18 heavy (non-hydrogen) atoms. The minimum Gasteiger partial charge on any atom is -0.375 e. The molecular weight excluding hydrogens is 269 g/mol. The van der Waals surface area contributed by atoms with Crippen molar-refractivity contribution < 1.29 is 18.0 Å². The molecule has 100 valence electrons. The van der Waals surface area contributed by atoms with Gasteiger partial charge in [-0.05, 0) is 25.1 Å². The summed E-state index contributed by atoms with van der Waals surface area (Å²) in [7, 11) is 0. The van der Waals surface area contributed by atoms with Crippen LogP contribution in [0.15, 0.2) is 18.2 Å². The fourth-order valence-electron chi connectivity index (χ4n) is 1.27. The van der Waals surface area contributed by atoms with E-state index >= 15 is 0 Å². The third-order valence-corrected chi connectivity index (χ3v) is 2.42. The highest BCUT2D eigenvalue weighted by Crippen LogP contribution is 2.33. The number of amides is 1. The number of nitrogens with one attached hydrogen (secondary N) is 2.